The molecular weight excluding hydrogens is 228 g/mol. The number of anilines is 1. The first-order valence-electron chi connectivity index (χ1n) is 5.79. The molecule has 2 rings (SSSR count). The van der Waals surface area contributed by atoms with Gasteiger partial charge in [0.05, 0.1) is 11.2 Å². The molecule has 0 atom stereocenters. The smallest absolute Gasteiger partial charge is 0.323 e. The summed E-state index contributed by atoms with van der Waals surface area (Å²) in [5, 5.41) is 9.91. The number of rotatable bonds is 3. The molecule has 0 aliphatic rings. The van der Waals surface area contributed by atoms with Crippen LogP contribution in [0.4, 0.5) is 5.69 Å². The highest BCUT2D eigenvalue weighted by molar-refractivity contribution is 5.94. The van der Waals surface area contributed by atoms with Gasteiger partial charge >= 0.3 is 5.97 Å². The zero-order valence-electron chi connectivity index (χ0n) is 10.8. The van der Waals surface area contributed by atoms with Crippen molar-refractivity contribution in [3.8, 4) is 0 Å². The zero-order chi connectivity index (χ0) is 13.3. The van der Waals surface area contributed by atoms with Crippen LogP contribution in [0.25, 0.3) is 10.9 Å². The summed E-state index contributed by atoms with van der Waals surface area (Å²) in [5.41, 5.74) is 3.80. The summed E-state index contributed by atoms with van der Waals surface area (Å²) in [6.07, 6.45) is 0. The van der Waals surface area contributed by atoms with E-state index in [-0.39, 0.29) is 6.54 Å². The number of likely N-dealkylation sites (N-methyl/N-ethyl adjacent to an activating group) is 1. The van der Waals surface area contributed by atoms with E-state index in [1.807, 2.05) is 38.1 Å². The first-order valence-corrected chi connectivity index (χ1v) is 5.79. The number of fused-ring (bicyclic) bond motifs is 1. The van der Waals surface area contributed by atoms with Gasteiger partial charge in [0.25, 0.3) is 0 Å². The van der Waals surface area contributed by atoms with E-state index in [1.165, 1.54) is 0 Å². The van der Waals surface area contributed by atoms with E-state index in [4.69, 9.17) is 5.11 Å². The number of hydrogen-bond donors (Lipinski definition) is 1. The second kappa shape index (κ2) is 4.64. The maximum absolute atomic E-state index is 10.9. The van der Waals surface area contributed by atoms with Gasteiger partial charge in [-0.2, -0.15) is 0 Å². The summed E-state index contributed by atoms with van der Waals surface area (Å²) in [7, 11) is 1.79. The number of aliphatic carboxylic acids is 1. The highest BCUT2D eigenvalue weighted by Crippen LogP contribution is 2.30. The first kappa shape index (κ1) is 12.4. The van der Waals surface area contributed by atoms with E-state index < -0.39 is 5.97 Å². The van der Waals surface area contributed by atoms with Gasteiger partial charge in [-0.15, -0.1) is 0 Å². The highest BCUT2D eigenvalue weighted by atomic mass is 16.4. The first-order chi connectivity index (χ1) is 8.50. The number of para-hydroxylation sites is 1. The molecule has 0 radical (unpaired) electrons. The summed E-state index contributed by atoms with van der Waals surface area (Å²) in [6, 6.07) is 7.80. The molecule has 4 nitrogen and oxygen atoms in total. The van der Waals surface area contributed by atoms with Gasteiger partial charge in [-0.25, -0.2) is 0 Å². The van der Waals surface area contributed by atoms with Crippen LogP contribution in [-0.4, -0.2) is 29.7 Å². The molecule has 1 aromatic carbocycles. The monoisotopic (exact) mass is 244 g/mol. The van der Waals surface area contributed by atoms with E-state index in [0.717, 1.165) is 27.8 Å². The van der Waals surface area contributed by atoms with E-state index in [2.05, 4.69) is 4.98 Å². The Balaban J connectivity index is 2.66. The van der Waals surface area contributed by atoms with Crippen molar-refractivity contribution < 1.29 is 9.90 Å². The van der Waals surface area contributed by atoms with Crippen molar-refractivity contribution in [3.63, 3.8) is 0 Å². The number of aryl methyl sites for hydroxylation is 1. The number of pyridine rings is 1. The lowest BCUT2D eigenvalue weighted by molar-refractivity contribution is -0.135. The Morgan fingerprint density at radius 2 is 2.00 bits per heavy atom. The van der Waals surface area contributed by atoms with Crippen LogP contribution in [0.5, 0.6) is 0 Å². The number of nitrogens with zero attached hydrogens (tertiary/aromatic N) is 2. The molecule has 2 aromatic rings. The van der Waals surface area contributed by atoms with E-state index in [9.17, 15) is 4.79 Å². The molecule has 1 heterocycles. The van der Waals surface area contributed by atoms with Crippen LogP contribution in [0.1, 0.15) is 11.3 Å². The summed E-state index contributed by atoms with van der Waals surface area (Å²) in [5.74, 6) is -0.838. The van der Waals surface area contributed by atoms with Gasteiger partial charge in [-0.05, 0) is 25.5 Å². The van der Waals surface area contributed by atoms with Gasteiger partial charge in [-0.3, -0.25) is 9.78 Å². The van der Waals surface area contributed by atoms with Gasteiger partial charge in [0.15, 0.2) is 0 Å². The lowest BCUT2D eigenvalue weighted by Crippen LogP contribution is -2.26. The SMILES string of the molecule is Cc1nc2ccccc2c(N(C)CC(=O)O)c1C. The normalized spacial score (nSPS) is 10.6. The molecule has 0 aliphatic carbocycles. The molecule has 0 fully saturated rings. The molecule has 0 amide bonds. The molecule has 0 aliphatic heterocycles. The average molecular weight is 244 g/mol. The molecule has 94 valence electrons. The molecule has 18 heavy (non-hydrogen) atoms. The lowest BCUT2D eigenvalue weighted by atomic mass is 10.1. The minimum atomic E-state index is -0.838. The van der Waals surface area contributed by atoms with Crippen molar-refractivity contribution in [3.05, 3.63) is 35.5 Å². The number of hydrogen-bond acceptors (Lipinski definition) is 3. The molecule has 0 spiro atoms. The van der Waals surface area contributed by atoms with Crippen molar-refractivity contribution in [2.24, 2.45) is 0 Å². The summed E-state index contributed by atoms with van der Waals surface area (Å²) in [4.78, 5) is 17.1. The fraction of sp³-hybridized carbons (Fsp3) is 0.286. The molecule has 1 aromatic heterocycles. The number of aromatic nitrogens is 1. The molecule has 0 unspecified atom stereocenters. The third-order valence-electron chi connectivity index (χ3n) is 3.10. The van der Waals surface area contributed by atoms with Gasteiger partial charge in [0, 0.05) is 18.1 Å². The Labute approximate surface area is 106 Å². The quantitative estimate of drug-likeness (QED) is 0.900. The third-order valence-corrected chi connectivity index (χ3v) is 3.10. The number of carboxylic acid groups (broad SMARTS) is 1. The maximum atomic E-state index is 10.9. The van der Waals surface area contributed by atoms with E-state index >= 15 is 0 Å². The van der Waals surface area contributed by atoms with Gasteiger partial charge < -0.3 is 10.0 Å². The Kier molecular flexibility index (Phi) is 3.19. The second-order valence-electron chi connectivity index (χ2n) is 4.44. The molecule has 0 bridgehead atoms. The van der Waals surface area contributed by atoms with Crippen LogP contribution in [0.2, 0.25) is 0 Å². The molecule has 1 N–H and O–H groups in total. The summed E-state index contributed by atoms with van der Waals surface area (Å²) >= 11 is 0. The van der Waals surface area contributed by atoms with Crippen molar-refractivity contribution in [1.82, 2.24) is 4.98 Å². The third kappa shape index (κ3) is 2.14. The zero-order valence-corrected chi connectivity index (χ0v) is 10.8. The van der Waals surface area contributed by atoms with Crippen molar-refractivity contribution >= 4 is 22.6 Å². The van der Waals surface area contributed by atoms with Crippen molar-refractivity contribution in [2.45, 2.75) is 13.8 Å². The van der Waals surface area contributed by atoms with Gasteiger partial charge in [0.1, 0.15) is 6.54 Å². The van der Waals surface area contributed by atoms with Crippen LogP contribution in [-0.2, 0) is 4.79 Å². The number of carbonyl (C=O) groups is 1. The van der Waals surface area contributed by atoms with Gasteiger partial charge in [-0.1, -0.05) is 18.2 Å². The fourth-order valence-corrected chi connectivity index (χ4v) is 2.18. The van der Waals surface area contributed by atoms with Gasteiger partial charge in [0.2, 0.25) is 0 Å². The number of carboxylic acids is 1. The van der Waals surface area contributed by atoms with Crippen molar-refractivity contribution in [2.75, 3.05) is 18.5 Å². The number of benzene rings is 1. The van der Waals surface area contributed by atoms with Crippen molar-refractivity contribution in [1.29, 1.82) is 0 Å². The second-order valence-corrected chi connectivity index (χ2v) is 4.44. The molecule has 0 saturated carbocycles. The fourth-order valence-electron chi connectivity index (χ4n) is 2.18. The Morgan fingerprint density at radius 3 is 2.67 bits per heavy atom. The van der Waals surface area contributed by atoms with Crippen LogP contribution >= 0.6 is 0 Å². The molecule has 0 saturated heterocycles. The minimum absolute atomic E-state index is 0.0196. The largest absolute Gasteiger partial charge is 0.480 e. The predicted molar refractivity (Wildman–Crippen MR) is 72.1 cm³/mol. The highest BCUT2D eigenvalue weighted by Gasteiger charge is 2.14. The van der Waals surface area contributed by atoms with Crippen LogP contribution in [0.15, 0.2) is 24.3 Å². The Hall–Kier alpha value is -2.10. The predicted octanol–water partition coefficient (Wildman–Crippen LogP) is 2.37. The topological polar surface area (TPSA) is 53.4 Å². The Morgan fingerprint density at radius 1 is 1.33 bits per heavy atom. The van der Waals surface area contributed by atoms with Crippen LogP contribution in [0.3, 0.4) is 0 Å². The maximum Gasteiger partial charge on any atom is 0.323 e. The standard InChI is InChI=1S/C14H16N2O2/c1-9-10(2)15-12-7-5-4-6-11(12)14(9)16(3)8-13(17)18/h4-7H,8H2,1-3H3,(H,17,18). The van der Waals surface area contributed by atoms with E-state index in [0.29, 0.717) is 0 Å². The molecular formula is C14H16N2O2. The Bertz CT molecular complexity index is 608. The van der Waals surface area contributed by atoms with Crippen LogP contribution < -0.4 is 4.90 Å². The molecule has 4 heteroatoms. The summed E-state index contributed by atoms with van der Waals surface area (Å²) < 4.78 is 0. The van der Waals surface area contributed by atoms with E-state index in [1.54, 1.807) is 11.9 Å². The average Bonchev–Trinajstić information content (AvgIpc) is 2.29. The lowest BCUT2D eigenvalue weighted by Gasteiger charge is -2.22. The minimum Gasteiger partial charge on any atom is -0.480 e. The summed E-state index contributed by atoms with van der Waals surface area (Å²) in [6.45, 7) is 3.90. The van der Waals surface area contributed by atoms with Crippen LogP contribution in [0, 0.1) is 13.8 Å².